The average molecular weight is 367 g/mol. The lowest BCUT2D eigenvalue weighted by atomic mass is 10.0. The predicted molar refractivity (Wildman–Crippen MR) is 111 cm³/mol. The Morgan fingerprint density at radius 2 is 1.88 bits per heavy atom. The Labute approximate surface area is 156 Å². The van der Waals surface area contributed by atoms with Gasteiger partial charge in [0.2, 0.25) is 0 Å². The van der Waals surface area contributed by atoms with Crippen LogP contribution in [0.3, 0.4) is 0 Å². The summed E-state index contributed by atoms with van der Waals surface area (Å²) < 4.78 is 0. The van der Waals surface area contributed by atoms with Gasteiger partial charge in [0.25, 0.3) is 0 Å². The van der Waals surface area contributed by atoms with E-state index >= 15 is 0 Å². The van der Waals surface area contributed by atoms with Crippen molar-refractivity contribution >= 4 is 28.1 Å². The summed E-state index contributed by atoms with van der Waals surface area (Å²) in [4.78, 5) is 6.13. The van der Waals surface area contributed by atoms with Gasteiger partial charge in [0.15, 0.2) is 5.13 Å². The molecular formula is C20H31ClN2S. The lowest BCUT2D eigenvalue weighted by molar-refractivity contribution is 0.654. The van der Waals surface area contributed by atoms with Gasteiger partial charge in [-0.25, -0.2) is 4.98 Å². The minimum atomic E-state index is 0.615. The van der Waals surface area contributed by atoms with Gasteiger partial charge in [-0.3, -0.25) is 0 Å². The maximum Gasteiger partial charge on any atom is 0.183 e. The summed E-state index contributed by atoms with van der Waals surface area (Å²) >= 11 is 8.04. The second-order valence-corrected chi connectivity index (χ2v) is 7.98. The molecule has 2 nitrogen and oxygen atoms in total. The summed E-state index contributed by atoms with van der Waals surface area (Å²) in [7, 11) is 0. The Bertz CT molecular complexity index is 620. The quantitative estimate of drug-likeness (QED) is 0.584. The normalized spacial score (nSPS) is 10.5. The van der Waals surface area contributed by atoms with E-state index in [0.29, 0.717) is 5.92 Å². The first-order valence-electron chi connectivity index (χ1n) is 8.92. The van der Waals surface area contributed by atoms with Crippen LogP contribution in [0.25, 0.3) is 11.3 Å². The van der Waals surface area contributed by atoms with Crippen LogP contribution in [0.4, 0.5) is 5.13 Å². The van der Waals surface area contributed by atoms with Crippen molar-refractivity contribution in [2.75, 3.05) is 11.9 Å². The minimum absolute atomic E-state index is 0.615. The summed E-state index contributed by atoms with van der Waals surface area (Å²) in [6, 6.07) is 6.21. The summed E-state index contributed by atoms with van der Waals surface area (Å²) in [5, 5.41) is 5.22. The van der Waals surface area contributed by atoms with Gasteiger partial charge in [-0.15, -0.1) is 11.3 Å². The molecule has 1 heterocycles. The van der Waals surface area contributed by atoms with Crippen LogP contribution >= 0.6 is 22.9 Å². The summed E-state index contributed by atoms with van der Waals surface area (Å²) in [6.07, 6.45) is 3.40. The Kier molecular flexibility index (Phi) is 9.38. The first-order chi connectivity index (χ1) is 11.4. The fourth-order valence-corrected chi connectivity index (χ4v) is 3.54. The third-order valence-electron chi connectivity index (χ3n) is 3.26. The van der Waals surface area contributed by atoms with E-state index in [1.807, 2.05) is 13.0 Å². The minimum Gasteiger partial charge on any atom is -0.362 e. The van der Waals surface area contributed by atoms with E-state index < -0.39 is 0 Å². The smallest absolute Gasteiger partial charge is 0.183 e. The Morgan fingerprint density at radius 1 is 1.21 bits per heavy atom. The fraction of sp³-hybridized carbons (Fsp3) is 0.550. The van der Waals surface area contributed by atoms with E-state index in [1.165, 1.54) is 11.3 Å². The number of anilines is 1. The highest BCUT2D eigenvalue weighted by Crippen LogP contribution is 2.34. The van der Waals surface area contributed by atoms with Crippen molar-refractivity contribution in [3.05, 3.63) is 33.7 Å². The van der Waals surface area contributed by atoms with Gasteiger partial charge >= 0.3 is 0 Å². The molecule has 1 aromatic carbocycles. The molecule has 1 N–H and O–H groups in total. The number of thiazole rings is 1. The van der Waals surface area contributed by atoms with Gasteiger partial charge in [0, 0.05) is 22.0 Å². The molecule has 4 heteroatoms. The molecule has 24 heavy (non-hydrogen) atoms. The van der Waals surface area contributed by atoms with Gasteiger partial charge < -0.3 is 5.32 Å². The maximum absolute atomic E-state index is 6.27. The molecule has 0 atom stereocenters. The average Bonchev–Trinajstić information content (AvgIpc) is 2.91. The molecule has 0 radical (unpaired) electrons. The molecule has 134 valence electrons. The number of benzene rings is 1. The van der Waals surface area contributed by atoms with E-state index in [-0.39, 0.29) is 0 Å². The number of hydrogen-bond donors (Lipinski definition) is 1. The van der Waals surface area contributed by atoms with E-state index in [1.54, 1.807) is 11.3 Å². The highest BCUT2D eigenvalue weighted by atomic mass is 35.5. The van der Waals surface area contributed by atoms with Crippen molar-refractivity contribution in [1.82, 2.24) is 4.98 Å². The van der Waals surface area contributed by atoms with Crippen molar-refractivity contribution < 1.29 is 0 Å². The maximum atomic E-state index is 6.27. The molecule has 0 unspecified atom stereocenters. The molecular weight excluding hydrogens is 336 g/mol. The first-order valence-corrected chi connectivity index (χ1v) is 10.1. The van der Waals surface area contributed by atoms with Crippen molar-refractivity contribution in [3.63, 3.8) is 0 Å². The number of aryl methyl sites for hydroxylation is 1. The summed E-state index contributed by atoms with van der Waals surface area (Å²) in [5.74, 6) is 0.615. The van der Waals surface area contributed by atoms with E-state index in [4.69, 9.17) is 16.6 Å². The molecule has 0 amide bonds. The molecule has 0 saturated carbocycles. The number of hydrogen-bond acceptors (Lipinski definition) is 3. The Morgan fingerprint density at radius 3 is 2.42 bits per heavy atom. The second-order valence-electron chi connectivity index (χ2n) is 6.49. The Balaban J connectivity index is 0.000000891. The van der Waals surface area contributed by atoms with Crippen LogP contribution in [0.15, 0.2) is 18.2 Å². The van der Waals surface area contributed by atoms with Crippen LogP contribution in [0, 0.1) is 12.8 Å². The molecule has 0 aliphatic heterocycles. The predicted octanol–water partition coefficient (Wildman–Crippen LogP) is 7.21. The molecule has 0 spiro atoms. The molecule has 2 rings (SSSR count). The van der Waals surface area contributed by atoms with Crippen molar-refractivity contribution in [1.29, 1.82) is 0 Å². The van der Waals surface area contributed by atoms with E-state index in [2.05, 4.69) is 52.1 Å². The highest BCUT2D eigenvalue weighted by molar-refractivity contribution is 7.16. The van der Waals surface area contributed by atoms with E-state index in [0.717, 1.165) is 46.4 Å². The van der Waals surface area contributed by atoms with Gasteiger partial charge in [-0.05, 0) is 37.3 Å². The number of nitrogens with one attached hydrogen (secondary N) is 1. The second kappa shape index (κ2) is 10.7. The lowest BCUT2D eigenvalue weighted by Crippen LogP contribution is -1.98. The number of rotatable bonds is 6. The summed E-state index contributed by atoms with van der Waals surface area (Å²) in [5.41, 5.74) is 3.29. The molecule has 0 aliphatic carbocycles. The summed E-state index contributed by atoms with van der Waals surface area (Å²) in [6.45, 7) is 13.9. The van der Waals surface area contributed by atoms with Crippen LogP contribution in [-0.4, -0.2) is 11.5 Å². The van der Waals surface area contributed by atoms with Gasteiger partial charge in [0.05, 0.1) is 5.69 Å². The highest BCUT2D eigenvalue weighted by Gasteiger charge is 2.15. The van der Waals surface area contributed by atoms with Crippen molar-refractivity contribution in [2.24, 2.45) is 5.92 Å². The SMILES string of the molecule is CCC.CCCNc1nc(-c2ccc(C)c(Cl)c2)c(CC(C)C)s1. The number of aromatic nitrogens is 1. The number of nitrogens with zero attached hydrogens (tertiary/aromatic N) is 1. The molecule has 0 saturated heterocycles. The van der Waals surface area contributed by atoms with Crippen LogP contribution in [0.2, 0.25) is 5.02 Å². The molecule has 1 aromatic heterocycles. The monoisotopic (exact) mass is 366 g/mol. The zero-order chi connectivity index (χ0) is 18.1. The van der Waals surface area contributed by atoms with Gasteiger partial charge in [0.1, 0.15) is 0 Å². The standard InChI is InChI=1S/C17H23ClN2S.C3H8/c1-5-8-19-17-20-16(15(21-17)9-11(2)3)13-7-6-12(4)14(18)10-13;1-3-2/h6-7,10-11H,5,8-9H2,1-4H3,(H,19,20);3H2,1-2H3. The van der Waals surface area contributed by atoms with Crippen LogP contribution < -0.4 is 5.32 Å². The van der Waals surface area contributed by atoms with Gasteiger partial charge in [-0.1, -0.05) is 64.8 Å². The zero-order valence-electron chi connectivity index (χ0n) is 15.9. The number of halogens is 1. The zero-order valence-corrected chi connectivity index (χ0v) is 17.4. The molecule has 0 fully saturated rings. The Hall–Kier alpha value is -1.06. The van der Waals surface area contributed by atoms with Crippen molar-refractivity contribution in [3.8, 4) is 11.3 Å². The molecule has 0 aliphatic rings. The van der Waals surface area contributed by atoms with Crippen LogP contribution in [0.1, 0.15) is 57.9 Å². The van der Waals surface area contributed by atoms with Gasteiger partial charge in [-0.2, -0.15) is 0 Å². The third-order valence-corrected chi connectivity index (χ3v) is 4.71. The lowest BCUT2D eigenvalue weighted by Gasteiger charge is -2.06. The first kappa shape index (κ1) is 21.0. The topological polar surface area (TPSA) is 24.9 Å². The third kappa shape index (κ3) is 6.45. The van der Waals surface area contributed by atoms with E-state index in [9.17, 15) is 0 Å². The largest absolute Gasteiger partial charge is 0.362 e. The fourth-order valence-electron chi connectivity index (χ4n) is 2.13. The van der Waals surface area contributed by atoms with Crippen LogP contribution in [0.5, 0.6) is 0 Å². The van der Waals surface area contributed by atoms with Crippen LogP contribution in [-0.2, 0) is 6.42 Å². The molecule has 0 bridgehead atoms. The van der Waals surface area contributed by atoms with Crippen molar-refractivity contribution in [2.45, 2.75) is 60.8 Å². The molecule has 2 aromatic rings.